The van der Waals surface area contributed by atoms with Crippen molar-refractivity contribution in [1.29, 1.82) is 0 Å². The lowest BCUT2D eigenvalue weighted by molar-refractivity contribution is -0.138. The molecule has 0 aliphatic rings. The standard InChI is InChI=1S/C10H18N4O8S2/c11-5(9(19)13-1-7(15)16)3-23-24(21,22)4-6(12)10(20)14-2-8(17)18/h5-6H,1-4,11-12H2,(H,13,19)(H,14,20)(H,15,16)(H,17,18)/t5-,6+/m0/s1. The number of carbonyl (C=O) groups is 4. The van der Waals surface area contributed by atoms with Crippen LogP contribution in [0.15, 0.2) is 0 Å². The molecule has 0 unspecified atom stereocenters. The van der Waals surface area contributed by atoms with E-state index in [0.717, 1.165) is 0 Å². The maximum Gasteiger partial charge on any atom is 0.322 e. The Balaban J connectivity index is 4.38. The Morgan fingerprint density at radius 3 is 1.75 bits per heavy atom. The summed E-state index contributed by atoms with van der Waals surface area (Å²) < 4.78 is 23.6. The van der Waals surface area contributed by atoms with Crippen LogP contribution >= 0.6 is 10.8 Å². The molecule has 24 heavy (non-hydrogen) atoms. The average molecular weight is 386 g/mol. The monoisotopic (exact) mass is 386 g/mol. The predicted octanol–water partition coefficient (Wildman–Crippen LogP) is -3.89. The number of nitrogens with two attached hydrogens (primary N) is 2. The number of carbonyl (C=O) groups excluding carboxylic acids is 2. The average Bonchev–Trinajstić information content (AvgIpc) is 2.47. The van der Waals surface area contributed by atoms with E-state index < -0.39 is 63.5 Å². The second-order valence-electron chi connectivity index (χ2n) is 4.44. The number of carboxylic acid groups (broad SMARTS) is 2. The highest BCUT2D eigenvalue weighted by molar-refractivity contribution is 8.72. The van der Waals surface area contributed by atoms with E-state index in [1.54, 1.807) is 0 Å². The number of hydrogen-bond acceptors (Lipinski definition) is 9. The third-order valence-corrected chi connectivity index (χ3v) is 5.83. The minimum absolute atomic E-state index is 0.282. The first-order chi connectivity index (χ1) is 10.9. The van der Waals surface area contributed by atoms with Crippen molar-refractivity contribution in [3.63, 3.8) is 0 Å². The topological polar surface area (TPSA) is 219 Å². The van der Waals surface area contributed by atoms with Gasteiger partial charge in [-0.15, -0.1) is 0 Å². The van der Waals surface area contributed by atoms with Gasteiger partial charge in [-0.1, -0.05) is 0 Å². The smallest absolute Gasteiger partial charge is 0.322 e. The summed E-state index contributed by atoms with van der Waals surface area (Å²) in [6.07, 6.45) is 0. The summed E-state index contributed by atoms with van der Waals surface area (Å²) in [4.78, 5) is 43.4. The Hall–Kier alpha value is -1.90. The summed E-state index contributed by atoms with van der Waals surface area (Å²) in [6, 6.07) is -2.76. The molecule has 12 nitrogen and oxygen atoms in total. The third kappa shape index (κ3) is 9.98. The molecule has 0 spiro atoms. The second-order valence-corrected chi connectivity index (χ2v) is 8.69. The molecule has 0 saturated heterocycles. The van der Waals surface area contributed by atoms with Gasteiger partial charge in [-0.05, 0) is 10.8 Å². The molecule has 8 N–H and O–H groups in total. The highest BCUT2D eigenvalue weighted by atomic mass is 33.1. The molecule has 0 heterocycles. The summed E-state index contributed by atoms with van der Waals surface area (Å²) in [5, 5.41) is 20.7. The van der Waals surface area contributed by atoms with Crippen molar-refractivity contribution in [2.45, 2.75) is 12.1 Å². The summed E-state index contributed by atoms with van der Waals surface area (Å²) in [5.41, 5.74) is 10.8. The minimum Gasteiger partial charge on any atom is -0.480 e. The number of amides is 2. The number of carboxylic acids is 2. The quantitative estimate of drug-likeness (QED) is 0.188. The first kappa shape index (κ1) is 22.1. The van der Waals surface area contributed by atoms with E-state index in [9.17, 15) is 27.6 Å². The van der Waals surface area contributed by atoms with E-state index in [-0.39, 0.29) is 16.5 Å². The fourth-order valence-corrected chi connectivity index (χ4v) is 4.17. The van der Waals surface area contributed by atoms with Crippen molar-refractivity contribution < 1.29 is 37.8 Å². The van der Waals surface area contributed by atoms with Gasteiger partial charge in [0.2, 0.25) is 20.7 Å². The van der Waals surface area contributed by atoms with Crippen LogP contribution in [0.4, 0.5) is 0 Å². The molecule has 0 aromatic rings. The summed E-state index contributed by atoms with van der Waals surface area (Å²) in [6.45, 7) is -1.35. The third-order valence-electron chi connectivity index (χ3n) is 2.31. The van der Waals surface area contributed by atoms with Gasteiger partial charge >= 0.3 is 11.9 Å². The molecule has 14 heteroatoms. The van der Waals surface area contributed by atoms with Crippen molar-refractivity contribution in [3.8, 4) is 0 Å². The molecule has 0 aromatic heterocycles. The Labute approximate surface area is 140 Å². The zero-order valence-corrected chi connectivity index (χ0v) is 13.9. The first-order valence-electron chi connectivity index (χ1n) is 6.32. The fourth-order valence-electron chi connectivity index (χ4n) is 1.18. The molecule has 2 amide bonds. The van der Waals surface area contributed by atoms with Crippen LogP contribution in [-0.4, -0.2) is 79.1 Å². The number of aliphatic carboxylic acids is 2. The molecule has 0 aliphatic carbocycles. The van der Waals surface area contributed by atoms with E-state index in [1.165, 1.54) is 0 Å². The van der Waals surface area contributed by atoms with Gasteiger partial charge in [0.25, 0.3) is 0 Å². The van der Waals surface area contributed by atoms with E-state index in [4.69, 9.17) is 21.7 Å². The summed E-state index contributed by atoms with van der Waals surface area (Å²) in [5.74, 6) is -5.56. The number of nitrogens with one attached hydrogen (secondary N) is 2. The van der Waals surface area contributed by atoms with Crippen molar-refractivity contribution in [2.24, 2.45) is 11.5 Å². The maximum absolute atomic E-state index is 11.8. The summed E-state index contributed by atoms with van der Waals surface area (Å²) in [7, 11) is -3.64. The Morgan fingerprint density at radius 2 is 1.33 bits per heavy atom. The second kappa shape index (κ2) is 10.1. The van der Waals surface area contributed by atoms with Crippen LogP contribution in [0.1, 0.15) is 0 Å². The van der Waals surface area contributed by atoms with Gasteiger partial charge in [-0.25, -0.2) is 8.42 Å². The van der Waals surface area contributed by atoms with Crippen LogP contribution in [-0.2, 0) is 28.0 Å². The van der Waals surface area contributed by atoms with Gasteiger partial charge in [0.05, 0.1) is 17.8 Å². The summed E-state index contributed by atoms with van der Waals surface area (Å²) >= 11 is 0. The van der Waals surface area contributed by atoms with Gasteiger partial charge in [-0.2, -0.15) is 0 Å². The highest BCUT2D eigenvalue weighted by Gasteiger charge is 2.25. The zero-order valence-electron chi connectivity index (χ0n) is 12.3. The first-order valence-corrected chi connectivity index (χ1v) is 9.47. The van der Waals surface area contributed by atoms with Crippen LogP contribution in [0.5, 0.6) is 0 Å². The van der Waals surface area contributed by atoms with E-state index in [1.807, 2.05) is 10.6 Å². The van der Waals surface area contributed by atoms with Gasteiger partial charge < -0.3 is 32.3 Å². The Bertz CT molecular complexity index is 594. The number of hydrogen-bond donors (Lipinski definition) is 6. The Morgan fingerprint density at radius 1 is 0.917 bits per heavy atom. The van der Waals surface area contributed by atoms with E-state index >= 15 is 0 Å². The maximum atomic E-state index is 11.8. The molecular formula is C10H18N4O8S2. The lowest BCUT2D eigenvalue weighted by Crippen LogP contribution is -2.46. The van der Waals surface area contributed by atoms with Crippen molar-refractivity contribution in [1.82, 2.24) is 10.6 Å². The molecule has 0 radical (unpaired) electrons. The van der Waals surface area contributed by atoms with E-state index in [0.29, 0.717) is 0 Å². The van der Waals surface area contributed by atoms with Gasteiger partial charge in [0.1, 0.15) is 13.1 Å². The van der Waals surface area contributed by atoms with Gasteiger partial charge in [0, 0.05) is 5.75 Å². The largest absolute Gasteiger partial charge is 0.480 e. The number of rotatable bonds is 11. The van der Waals surface area contributed by atoms with Crippen LogP contribution in [0.2, 0.25) is 0 Å². The molecule has 0 bridgehead atoms. The lowest BCUT2D eigenvalue weighted by Gasteiger charge is -2.13. The zero-order chi connectivity index (χ0) is 18.9. The van der Waals surface area contributed by atoms with Crippen LogP contribution < -0.4 is 22.1 Å². The van der Waals surface area contributed by atoms with E-state index in [2.05, 4.69) is 0 Å². The molecule has 0 rings (SSSR count). The highest BCUT2D eigenvalue weighted by Crippen LogP contribution is 2.14. The molecule has 2 atom stereocenters. The molecule has 0 fully saturated rings. The molecular weight excluding hydrogens is 368 g/mol. The molecule has 0 saturated carbocycles. The normalized spacial score (nSPS) is 13.6. The van der Waals surface area contributed by atoms with Crippen LogP contribution in [0.3, 0.4) is 0 Å². The lowest BCUT2D eigenvalue weighted by atomic mass is 10.3. The van der Waals surface area contributed by atoms with Gasteiger partial charge in [0.15, 0.2) is 0 Å². The fraction of sp³-hybridized carbons (Fsp3) is 0.600. The molecule has 0 aromatic carbocycles. The Kier molecular flexibility index (Phi) is 9.27. The van der Waals surface area contributed by atoms with Crippen molar-refractivity contribution in [2.75, 3.05) is 24.6 Å². The molecule has 138 valence electrons. The molecule has 0 aliphatic heterocycles. The van der Waals surface area contributed by atoms with Crippen molar-refractivity contribution >= 4 is 43.4 Å². The SMILES string of the molecule is N[C@H](CS(=O)(=O)SC[C@H](N)C(=O)NCC(=O)O)C(=O)NCC(=O)O. The predicted molar refractivity (Wildman–Crippen MR) is 83.5 cm³/mol. The van der Waals surface area contributed by atoms with Crippen LogP contribution in [0.25, 0.3) is 0 Å². The van der Waals surface area contributed by atoms with Gasteiger partial charge in [-0.3, -0.25) is 19.2 Å². The minimum atomic E-state index is -3.92. The van der Waals surface area contributed by atoms with Crippen molar-refractivity contribution in [3.05, 3.63) is 0 Å². The van der Waals surface area contributed by atoms with Crippen LogP contribution in [0, 0.1) is 0 Å².